The lowest BCUT2D eigenvalue weighted by atomic mass is 10.1. The quantitative estimate of drug-likeness (QED) is 0.277. The maximum Gasteiger partial charge on any atom is 0.399 e. The van der Waals surface area contributed by atoms with E-state index in [-0.39, 0.29) is 36.3 Å². The van der Waals surface area contributed by atoms with E-state index >= 15 is 0 Å². The fourth-order valence-electron chi connectivity index (χ4n) is 3.96. The van der Waals surface area contributed by atoms with Crippen LogP contribution in [-0.4, -0.2) is 88.2 Å². The van der Waals surface area contributed by atoms with Gasteiger partial charge >= 0.3 is 23.7 Å². The number of carbonyl (C=O) groups excluding carboxylic acids is 2. The highest BCUT2D eigenvalue weighted by Crippen LogP contribution is 2.26. The highest BCUT2D eigenvalue weighted by molar-refractivity contribution is 6.18. The zero-order chi connectivity index (χ0) is 23.7. The molecular weight excluding hydrogens is 434 g/mol. The molecule has 13 nitrogen and oxygen atoms in total. The summed E-state index contributed by atoms with van der Waals surface area (Å²) < 4.78 is 4.10. The molecule has 3 heterocycles. The van der Waals surface area contributed by atoms with Crippen molar-refractivity contribution in [2.45, 2.75) is 31.0 Å². The molecule has 1 unspecified atom stereocenters. The van der Waals surface area contributed by atoms with Crippen molar-refractivity contribution in [2.24, 2.45) is 10.7 Å². The summed E-state index contributed by atoms with van der Waals surface area (Å²) in [5.74, 6) is -2.98. The van der Waals surface area contributed by atoms with Crippen molar-refractivity contribution in [1.82, 2.24) is 20.2 Å². The number of anilines is 1. The van der Waals surface area contributed by atoms with E-state index in [0.717, 1.165) is 5.69 Å². The lowest BCUT2D eigenvalue weighted by Gasteiger charge is -2.28. The van der Waals surface area contributed by atoms with E-state index in [1.54, 1.807) is 30.5 Å². The molecule has 0 aliphatic carbocycles. The number of guanidine groups is 1. The molecule has 6 N–H and O–H groups in total. The number of aliphatic carboxylic acids is 2. The van der Waals surface area contributed by atoms with Crippen molar-refractivity contribution in [3.05, 3.63) is 29.8 Å². The second-order valence-electron chi connectivity index (χ2n) is 7.81. The first kappa shape index (κ1) is 22.0. The summed E-state index contributed by atoms with van der Waals surface area (Å²) in [5, 5.41) is 22.8. The Kier molecular flexibility index (Phi) is 5.82. The monoisotopic (exact) mass is 456 g/mol. The van der Waals surface area contributed by atoms with Crippen LogP contribution in [-0.2, 0) is 14.4 Å². The zero-order valence-electron chi connectivity index (χ0n) is 17.3. The van der Waals surface area contributed by atoms with E-state index in [1.165, 1.54) is 0 Å². The predicted molar refractivity (Wildman–Crippen MR) is 117 cm³/mol. The molecule has 0 aromatic heterocycles. The number of carbonyl (C=O) groups is 4. The molecule has 33 heavy (non-hydrogen) atoms. The number of amides is 2. The minimum absolute atomic E-state index is 0.0138. The SMILES string of the molecule is NC1=[N+]=C2N=C[C@@H]3CN(c4ccc(C(=O)N[C@@H](CCC(=O)O)C(=O)O)cc4)CN3C2C(=O)N1. The molecule has 3 aliphatic rings. The molecule has 1 fully saturated rings. The van der Waals surface area contributed by atoms with Crippen LogP contribution in [0.2, 0.25) is 0 Å². The lowest BCUT2D eigenvalue weighted by molar-refractivity contribution is -0.140. The third-order valence-corrected chi connectivity index (χ3v) is 5.60. The number of carboxylic acids is 2. The van der Waals surface area contributed by atoms with Gasteiger partial charge in [0.25, 0.3) is 11.8 Å². The molecule has 0 radical (unpaired) electrons. The Morgan fingerprint density at radius 1 is 1.27 bits per heavy atom. The summed E-state index contributed by atoms with van der Waals surface area (Å²) in [6.07, 6.45) is 1.14. The van der Waals surface area contributed by atoms with Gasteiger partial charge in [0.1, 0.15) is 6.04 Å². The van der Waals surface area contributed by atoms with Crippen molar-refractivity contribution in [1.29, 1.82) is 0 Å². The van der Waals surface area contributed by atoms with Gasteiger partial charge in [0.15, 0.2) is 0 Å². The van der Waals surface area contributed by atoms with Gasteiger partial charge in [-0.1, -0.05) is 0 Å². The Labute approximate surface area is 187 Å². The molecule has 0 saturated carbocycles. The van der Waals surface area contributed by atoms with E-state index < -0.39 is 29.9 Å². The molecule has 13 heteroatoms. The van der Waals surface area contributed by atoms with E-state index in [2.05, 4.69) is 20.3 Å². The fraction of sp³-hybridized carbons (Fsp3) is 0.350. The summed E-state index contributed by atoms with van der Waals surface area (Å²) in [6, 6.07) is 4.52. The van der Waals surface area contributed by atoms with Crippen molar-refractivity contribution in [2.75, 3.05) is 18.1 Å². The average Bonchev–Trinajstić information content (AvgIpc) is 3.20. The summed E-state index contributed by atoms with van der Waals surface area (Å²) >= 11 is 0. The Morgan fingerprint density at radius 3 is 2.67 bits per heavy atom. The van der Waals surface area contributed by atoms with E-state index in [0.29, 0.717) is 19.0 Å². The van der Waals surface area contributed by atoms with Gasteiger partial charge in [0.05, 0.1) is 18.9 Å². The van der Waals surface area contributed by atoms with Crippen molar-refractivity contribution < 1.29 is 29.4 Å². The summed E-state index contributed by atoms with van der Waals surface area (Å²) in [7, 11) is 0. The summed E-state index contributed by atoms with van der Waals surface area (Å²) in [5.41, 5.74) is 6.65. The third-order valence-electron chi connectivity index (χ3n) is 5.60. The number of hydrogen-bond donors (Lipinski definition) is 5. The van der Waals surface area contributed by atoms with Crippen LogP contribution in [0.3, 0.4) is 0 Å². The minimum Gasteiger partial charge on any atom is -0.481 e. The molecule has 4 rings (SSSR count). The third kappa shape index (κ3) is 4.54. The second kappa shape index (κ2) is 8.73. The molecule has 3 aliphatic heterocycles. The molecule has 0 spiro atoms. The molecule has 0 bridgehead atoms. The number of rotatable bonds is 7. The Hall–Kier alpha value is -4.22. The predicted octanol–water partition coefficient (Wildman–Crippen LogP) is -2.45. The van der Waals surface area contributed by atoms with Crippen LogP contribution in [0.5, 0.6) is 0 Å². The van der Waals surface area contributed by atoms with E-state index in [4.69, 9.17) is 10.8 Å². The Balaban J connectivity index is 1.43. The average molecular weight is 456 g/mol. The molecule has 1 aromatic carbocycles. The topological polar surface area (TPSA) is 192 Å². The van der Waals surface area contributed by atoms with Crippen LogP contribution < -0.4 is 25.9 Å². The van der Waals surface area contributed by atoms with Gasteiger partial charge in [0, 0.05) is 24.2 Å². The molecule has 1 saturated heterocycles. The number of nitrogens with one attached hydrogen (secondary N) is 2. The highest BCUT2D eigenvalue weighted by Gasteiger charge is 2.48. The Morgan fingerprint density at radius 2 is 2.00 bits per heavy atom. The zero-order valence-corrected chi connectivity index (χ0v) is 17.3. The standard InChI is InChI=1S/C20H21N7O6/c21-20-24-16-15(18(31)25-20)27-9-26(8-12(27)7-22-16)11-3-1-10(2-4-11)17(30)23-13(19(32)33)5-6-14(28)29/h1-4,7,12-13,15H,5-6,8-9H2,(H5,21,23,25,28,29,30,31,32,33)/p+1/t12-,13+,15?/m1/s1. The number of nitrogens with two attached hydrogens (primary N) is 1. The number of fused-ring (bicyclic) bond motifs is 3. The number of hydrogen-bond acceptors (Lipinski definition) is 8. The first-order valence-corrected chi connectivity index (χ1v) is 10.1. The molecule has 3 atom stereocenters. The number of nitrogens with zero attached hydrogens (tertiary/aromatic N) is 4. The second-order valence-corrected chi connectivity index (χ2v) is 7.81. The van der Waals surface area contributed by atoms with Gasteiger partial charge < -0.3 is 20.4 Å². The normalized spacial score (nSPS) is 22.4. The van der Waals surface area contributed by atoms with Crippen LogP contribution >= 0.6 is 0 Å². The fourth-order valence-corrected chi connectivity index (χ4v) is 3.96. The number of amidine groups is 1. The number of benzene rings is 1. The van der Waals surface area contributed by atoms with Crippen LogP contribution in [0.1, 0.15) is 23.2 Å². The highest BCUT2D eigenvalue weighted by atomic mass is 16.4. The summed E-state index contributed by atoms with van der Waals surface area (Å²) in [6.45, 7) is 0.997. The number of aliphatic imine (C=N–C) groups is 1. The number of carboxylic acid groups (broad SMARTS) is 2. The van der Waals surface area contributed by atoms with Crippen molar-refractivity contribution >= 4 is 47.5 Å². The molecule has 1 aromatic rings. The smallest absolute Gasteiger partial charge is 0.399 e. The van der Waals surface area contributed by atoms with Crippen LogP contribution in [0, 0.1) is 0 Å². The van der Waals surface area contributed by atoms with Gasteiger partial charge in [-0.25, -0.2) is 14.8 Å². The van der Waals surface area contributed by atoms with Crippen LogP contribution in [0.15, 0.2) is 29.3 Å². The van der Waals surface area contributed by atoms with Crippen molar-refractivity contribution in [3.63, 3.8) is 0 Å². The van der Waals surface area contributed by atoms with Gasteiger partial charge in [-0.3, -0.25) is 25.0 Å². The Bertz CT molecular complexity index is 1110. The lowest BCUT2D eigenvalue weighted by Crippen LogP contribution is -2.61. The molecule has 172 valence electrons. The molecular formula is C20H22N7O6+. The van der Waals surface area contributed by atoms with Gasteiger partial charge in [-0.15, -0.1) is 4.99 Å². The largest absolute Gasteiger partial charge is 0.481 e. The first-order chi connectivity index (χ1) is 15.7. The van der Waals surface area contributed by atoms with Crippen LogP contribution in [0.25, 0.3) is 0 Å². The maximum absolute atomic E-state index is 12.4. The minimum atomic E-state index is -1.30. The van der Waals surface area contributed by atoms with Gasteiger partial charge in [-0.05, 0) is 30.7 Å². The summed E-state index contributed by atoms with van der Waals surface area (Å²) in [4.78, 5) is 55.1. The van der Waals surface area contributed by atoms with Crippen molar-refractivity contribution in [3.8, 4) is 0 Å². The van der Waals surface area contributed by atoms with E-state index in [9.17, 15) is 24.3 Å². The van der Waals surface area contributed by atoms with E-state index in [1.807, 2.05) is 9.80 Å². The molecule has 2 amide bonds. The maximum atomic E-state index is 12.4. The first-order valence-electron chi connectivity index (χ1n) is 10.1. The van der Waals surface area contributed by atoms with Crippen LogP contribution in [0.4, 0.5) is 5.69 Å². The van der Waals surface area contributed by atoms with Gasteiger partial charge in [-0.2, -0.15) is 0 Å². The van der Waals surface area contributed by atoms with Gasteiger partial charge in [0.2, 0.25) is 6.04 Å².